The Labute approximate surface area is 358 Å². The van der Waals surface area contributed by atoms with Gasteiger partial charge in [0, 0.05) is 49.9 Å². The molecule has 0 spiro atoms. The van der Waals surface area contributed by atoms with E-state index in [4.69, 9.17) is 16.3 Å². The van der Waals surface area contributed by atoms with Crippen LogP contribution in [0.5, 0.6) is 0 Å². The van der Waals surface area contributed by atoms with E-state index in [1.165, 1.54) is 70.6 Å². The van der Waals surface area contributed by atoms with Crippen LogP contribution in [0, 0.1) is 51.5 Å². The number of aromatic nitrogens is 1. The summed E-state index contributed by atoms with van der Waals surface area (Å²) >= 11 is 7.49. The summed E-state index contributed by atoms with van der Waals surface area (Å²) in [5.41, 5.74) is 3.46. The highest BCUT2D eigenvalue weighted by atomic mass is 35.5. The molecule has 0 fully saturated rings. The second-order valence-electron chi connectivity index (χ2n) is 17.4. The van der Waals surface area contributed by atoms with E-state index in [9.17, 15) is 19.3 Å². The molecule has 2 aliphatic rings. The van der Waals surface area contributed by atoms with E-state index in [2.05, 4.69) is 99.9 Å². The van der Waals surface area contributed by atoms with E-state index in [-0.39, 0.29) is 28.2 Å². The number of ether oxygens (including phenoxy) is 1. The van der Waals surface area contributed by atoms with E-state index in [1.54, 1.807) is 31.2 Å². The topological polar surface area (TPSA) is 61.7 Å². The van der Waals surface area contributed by atoms with Crippen LogP contribution in [0.1, 0.15) is 91.2 Å². The van der Waals surface area contributed by atoms with Crippen molar-refractivity contribution in [2.75, 3.05) is 0 Å². The van der Waals surface area contributed by atoms with Gasteiger partial charge in [0.05, 0.1) is 11.6 Å². The first-order chi connectivity index (χ1) is 28.8. The molecule has 4 nitrogen and oxygen atoms in total. The van der Waals surface area contributed by atoms with Crippen molar-refractivity contribution in [3.8, 4) is 12.1 Å². The zero-order valence-electron chi connectivity index (χ0n) is 35.4. The summed E-state index contributed by atoms with van der Waals surface area (Å²) in [4.78, 5) is 0. The standard InChI is InChI=1S/C53H52ClF2N3O/c1-7-9-12-35(8-2)33-59-47(44-15-10-13-36-14-11-16-48(59)49(36)44)28-18-38-30-41(52(4,5)6)29-37(50(38)54)17-27-46-45(32-58)51(34(3)31-57)60-53(46,39-19-23-42(55)24-20-39)40-21-25-43(56)26-22-40/h10-11,13-28,35,41H,7-9,12,29-30,33H2,1-6H3/b27-17+,38-18+,47-28+,51-34+. The summed E-state index contributed by atoms with van der Waals surface area (Å²) < 4.78 is 38.1. The van der Waals surface area contributed by atoms with Gasteiger partial charge in [0.25, 0.3) is 0 Å². The lowest BCUT2D eigenvalue weighted by Crippen LogP contribution is -2.29. The molecule has 5 aromatic rings. The molecule has 2 atom stereocenters. The highest BCUT2D eigenvalue weighted by Crippen LogP contribution is 2.52. The Kier molecular flexibility index (Phi) is 12.4. The lowest BCUT2D eigenvalue weighted by Gasteiger charge is -2.36. The lowest BCUT2D eigenvalue weighted by atomic mass is 9.70. The van der Waals surface area contributed by atoms with Gasteiger partial charge >= 0.3 is 0 Å². The Morgan fingerprint density at radius 2 is 1.57 bits per heavy atom. The van der Waals surface area contributed by atoms with Gasteiger partial charge in [-0.05, 0) is 96.4 Å². The fourth-order valence-electron chi connectivity index (χ4n) is 8.98. The quantitative estimate of drug-likeness (QED) is 0.125. The summed E-state index contributed by atoms with van der Waals surface area (Å²) in [6, 6.07) is 29.3. The third kappa shape index (κ3) is 7.99. The minimum absolute atomic E-state index is 0.0584. The minimum atomic E-state index is -1.50. The third-order valence-electron chi connectivity index (χ3n) is 12.6. The number of halogens is 3. The van der Waals surface area contributed by atoms with Crippen molar-refractivity contribution in [3.63, 3.8) is 0 Å². The number of rotatable bonds is 11. The van der Waals surface area contributed by atoms with Crippen LogP contribution in [-0.2, 0) is 16.9 Å². The van der Waals surface area contributed by atoms with Crippen molar-refractivity contribution in [2.45, 2.75) is 92.2 Å². The Morgan fingerprint density at radius 3 is 2.15 bits per heavy atom. The van der Waals surface area contributed by atoms with Gasteiger partial charge in [-0.25, -0.2) is 8.78 Å². The Bertz CT molecular complexity index is 2680. The van der Waals surface area contributed by atoms with Crippen molar-refractivity contribution in [2.24, 2.45) is 17.3 Å². The normalized spacial score (nSPS) is 19.4. The Balaban J connectivity index is 1.42. The van der Waals surface area contributed by atoms with Crippen LogP contribution in [0.3, 0.4) is 0 Å². The summed E-state index contributed by atoms with van der Waals surface area (Å²) in [5, 5.41) is 26.3. The molecule has 1 aliphatic heterocycles. The summed E-state index contributed by atoms with van der Waals surface area (Å²) in [6.07, 6.45) is 14.4. The largest absolute Gasteiger partial charge is 0.471 e. The molecular weight excluding hydrogens is 768 g/mol. The van der Waals surface area contributed by atoms with Crippen molar-refractivity contribution in [1.82, 2.24) is 4.57 Å². The first kappa shape index (κ1) is 42.4. The van der Waals surface area contributed by atoms with E-state index >= 15 is 0 Å². The monoisotopic (exact) mass is 819 g/mol. The molecule has 306 valence electrons. The van der Waals surface area contributed by atoms with Gasteiger partial charge in [-0.2, -0.15) is 10.5 Å². The maximum atomic E-state index is 14.4. The number of hydrogen-bond donors (Lipinski definition) is 0. The van der Waals surface area contributed by atoms with Gasteiger partial charge in [-0.15, -0.1) is 0 Å². The molecule has 7 rings (SSSR count). The predicted molar refractivity (Wildman–Crippen MR) is 240 cm³/mol. The summed E-state index contributed by atoms with van der Waals surface area (Å²) in [6.45, 7) is 13.8. The van der Waals surface area contributed by atoms with Crippen LogP contribution < -0.4 is 5.35 Å². The van der Waals surface area contributed by atoms with E-state index in [0.29, 0.717) is 34.1 Å². The number of allylic oxidation sites excluding steroid dienone is 7. The van der Waals surface area contributed by atoms with Crippen molar-refractivity contribution in [3.05, 3.63) is 170 Å². The summed E-state index contributed by atoms with van der Waals surface area (Å²) in [5.74, 6) is 0.0287. The molecule has 2 heterocycles. The van der Waals surface area contributed by atoms with Crippen LogP contribution >= 0.6 is 11.6 Å². The van der Waals surface area contributed by atoms with Crippen molar-refractivity contribution in [1.29, 1.82) is 10.5 Å². The smallest absolute Gasteiger partial charge is 0.186 e. The van der Waals surface area contributed by atoms with Crippen LogP contribution in [-0.4, -0.2) is 4.57 Å². The van der Waals surface area contributed by atoms with Crippen LogP contribution in [0.2, 0.25) is 0 Å². The average molecular weight is 820 g/mol. The molecule has 0 radical (unpaired) electrons. The van der Waals surface area contributed by atoms with Gasteiger partial charge < -0.3 is 9.30 Å². The van der Waals surface area contributed by atoms with Crippen LogP contribution in [0.25, 0.3) is 27.8 Å². The number of hydrogen-bond acceptors (Lipinski definition) is 3. The molecule has 0 amide bonds. The second kappa shape index (κ2) is 17.5. The fourth-order valence-corrected chi connectivity index (χ4v) is 9.26. The maximum Gasteiger partial charge on any atom is 0.186 e. The van der Waals surface area contributed by atoms with Gasteiger partial charge in [0.1, 0.15) is 23.3 Å². The van der Waals surface area contributed by atoms with Crippen LogP contribution in [0.15, 0.2) is 142 Å². The fraction of sp³-hybridized carbons (Fsp3) is 0.321. The molecular formula is C53H52ClF2N3O. The van der Waals surface area contributed by atoms with Crippen molar-refractivity contribution >= 4 is 39.4 Å². The maximum absolute atomic E-state index is 14.4. The zero-order chi connectivity index (χ0) is 42.8. The highest BCUT2D eigenvalue weighted by molar-refractivity contribution is 6.32. The Hall–Kier alpha value is -5.69. The molecule has 1 aromatic heterocycles. The SMILES string of the molecule is CCCCC(CC)Cn1/c(=C/C=C2\CC(C(C)(C)C)CC(/C=C/C3=C(C#N)C(=C(/C)C#N)/OC3(c3ccc(F)cc3)c3ccc(F)cc3)=C2Cl)c2cccc3cccc1c32. The van der Waals surface area contributed by atoms with Gasteiger partial charge in [-0.3, -0.25) is 0 Å². The minimum Gasteiger partial charge on any atom is -0.471 e. The molecule has 4 aromatic carbocycles. The average Bonchev–Trinajstić information content (AvgIpc) is 3.74. The van der Waals surface area contributed by atoms with E-state index in [0.717, 1.165) is 30.5 Å². The predicted octanol–water partition coefficient (Wildman–Crippen LogP) is 13.8. The molecule has 7 heteroatoms. The molecule has 0 saturated carbocycles. The molecule has 2 unspecified atom stereocenters. The first-order valence-corrected chi connectivity index (χ1v) is 21.5. The first-order valence-electron chi connectivity index (χ1n) is 21.1. The molecule has 0 N–H and O–H groups in total. The molecule has 0 bridgehead atoms. The number of nitriles is 2. The lowest BCUT2D eigenvalue weighted by molar-refractivity contribution is 0.0952. The number of unbranched alkanes of at least 4 members (excludes halogenated alkanes) is 1. The van der Waals surface area contributed by atoms with Gasteiger partial charge in [0.2, 0.25) is 0 Å². The van der Waals surface area contributed by atoms with E-state index in [1.807, 2.05) is 12.2 Å². The number of nitrogens with zero attached hydrogens (tertiary/aromatic N) is 3. The zero-order valence-corrected chi connectivity index (χ0v) is 36.1. The molecule has 1 aliphatic carbocycles. The van der Waals surface area contributed by atoms with Gasteiger partial charge in [-0.1, -0.05) is 138 Å². The Morgan fingerprint density at radius 1 is 0.917 bits per heavy atom. The third-order valence-corrected chi connectivity index (χ3v) is 13.1. The van der Waals surface area contributed by atoms with Crippen LogP contribution in [0.4, 0.5) is 8.78 Å². The number of benzene rings is 4. The van der Waals surface area contributed by atoms with E-state index < -0.39 is 17.2 Å². The molecule has 0 saturated heterocycles. The van der Waals surface area contributed by atoms with Gasteiger partial charge in [0.15, 0.2) is 11.4 Å². The van der Waals surface area contributed by atoms with Crippen molar-refractivity contribution < 1.29 is 13.5 Å². The second-order valence-corrected chi connectivity index (χ2v) is 17.7. The molecule has 60 heavy (non-hydrogen) atoms. The summed E-state index contributed by atoms with van der Waals surface area (Å²) in [7, 11) is 0. The highest BCUT2D eigenvalue weighted by Gasteiger charge is 2.49.